The normalized spacial score (nSPS) is 11.2. The van der Waals surface area contributed by atoms with E-state index >= 15 is 0 Å². The van der Waals surface area contributed by atoms with Gasteiger partial charge in [0.25, 0.3) is 0 Å². The highest BCUT2D eigenvalue weighted by Crippen LogP contribution is 2.24. The zero-order chi connectivity index (χ0) is 19.9. The minimum Gasteiger partial charge on any atom is -0.492 e. The molecule has 1 rings (SSSR count). The summed E-state index contributed by atoms with van der Waals surface area (Å²) >= 11 is 6.20. The minimum absolute atomic E-state index is 0.245. The van der Waals surface area contributed by atoms with E-state index in [1.54, 1.807) is 12.1 Å². The molecule has 1 aromatic rings. The highest BCUT2D eigenvalue weighted by molar-refractivity contribution is 6.31. The van der Waals surface area contributed by atoms with Crippen LogP contribution < -0.4 is 21.9 Å². The monoisotopic (exact) mass is 385 g/mol. The van der Waals surface area contributed by atoms with Gasteiger partial charge < -0.3 is 21.9 Å². The first kappa shape index (κ1) is 24.2. The Bertz CT molecular complexity index is 553. The Hall–Kier alpha value is -1.79. The number of hydrogen-bond donors (Lipinski definition) is 3. The predicted molar refractivity (Wildman–Crippen MR) is 106 cm³/mol. The van der Waals surface area contributed by atoms with Crippen LogP contribution in [0.3, 0.4) is 0 Å². The van der Waals surface area contributed by atoms with E-state index in [4.69, 9.17) is 33.5 Å². The van der Waals surface area contributed by atoms with Crippen LogP contribution in [0.1, 0.15) is 57.9 Å². The highest BCUT2D eigenvalue weighted by atomic mass is 35.5. The molecule has 6 nitrogen and oxygen atoms in total. The van der Waals surface area contributed by atoms with Gasteiger partial charge in [-0.05, 0) is 49.4 Å². The van der Waals surface area contributed by atoms with Gasteiger partial charge in [-0.1, -0.05) is 31.9 Å². The van der Waals surface area contributed by atoms with Crippen LogP contribution in [0.15, 0.2) is 18.2 Å². The highest BCUT2D eigenvalue weighted by Gasteiger charge is 2.08. The molecule has 26 heavy (non-hydrogen) atoms. The number of aryl methyl sites for hydroxylation is 1. The van der Waals surface area contributed by atoms with Crippen molar-refractivity contribution in [3.05, 3.63) is 28.8 Å². The minimum atomic E-state index is -0.365. The molecule has 0 radical (unpaired) electrons. The van der Waals surface area contributed by atoms with Crippen LogP contribution in [-0.2, 0) is 16.0 Å². The summed E-state index contributed by atoms with van der Waals surface area (Å²) in [5, 5.41) is 0.690. The van der Waals surface area contributed by atoms with Crippen LogP contribution >= 0.6 is 11.6 Å². The molecule has 0 aliphatic heterocycles. The fraction of sp³-hybridized carbons (Fsp3) is 0.579. The van der Waals surface area contributed by atoms with E-state index in [-0.39, 0.29) is 24.3 Å². The van der Waals surface area contributed by atoms with Crippen molar-refractivity contribution in [2.45, 2.75) is 64.8 Å². The number of primary amides is 2. The summed E-state index contributed by atoms with van der Waals surface area (Å²) < 4.78 is 5.66. The fourth-order valence-corrected chi connectivity index (χ4v) is 2.45. The maximum Gasteiger partial charge on any atom is 0.217 e. The summed E-state index contributed by atoms with van der Waals surface area (Å²) in [6, 6.07) is 5.24. The molecule has 2 amide bonds. The molecule has 1 aromatic carbocycles. The van der Waals surface area contributed by atoms with Gasteiger partial charge >= 0.3 is 0 Å². The average molecular weight is 386 g/mol. The summed E-state index contributed by atoms with van der Waals surface area (Å²) in [6.45, 7) is 4.31. The maximum atomic E-state index is 10.7. The second-order valence-electron chi connectivity index (χ2n) is 5.86. The Labute approximate surface area is 161 Å². The number of hydrogen-bond acceptors (Lipinski definition) is 4. The number of ether oxygens (including phenoxy) is 1. The SMILES string of the molecule is CC.NC(=O)CCCCCc1cc(OCC(N)CCC(N)=O)ccc1Cl. The molecule has 1 atom stereocenters. The van der Waals surface area contributed by atoms with Crippen LogP contribution in [0.5, 0.6) is 5.75 Å². The molecule has 0 aliphatic rings. The number of benzene rings is 1. The molecule has 0 saturated carbocycles. The first-order valence-electron chi connectivity index (χ1n) is 9.12. The summed E-state index contributed by atoms with van der Waals surface area (Å²) in [4.78, 5) is 21.4. The number of amides is 2. The van der Waals surface area contributed by atoms with E-state index in [2.05, 4.69) is 0 Å². The molecule has 6 N–H and O–H groups in total. The lowest BCUT2D eigenvalue weighted by Crippen LogP contribution is -2.29. The van der Waals surface area contributed by atoms with E-state index < -0.39 is 0 Å². The molecular weight excluding hydrogens is 354 g/mol. The van der Waals surface area contributed by atoms with Crippen molar-refractivity contribution in [1.29, 1.82) is 0 Å². The molecule has 0 spiro atoms. The Kier molecular flexibility index (Phi) is 13.4. The average Bonchev–Trinajstić information content (AvgIpc) is 2.61. The summed E-state index contributed by atoms with van der Waals surface area (Å²) in [6.07, 6.45) is 4.61. The van der Waals surface area contributed by atoms with E-state index in [1.165, 1.54) is 0 Å². The number of rotatable bonds is 12. The molecule has 1 unspecified atom stereocenters. The van der Waals surface area contributed by atoms with Crippen molar-refractivity contribution in [2.24, 2.45) is 17.2 Å². The van der Waals surface area contributed by atoms with Gasteiger partial charge in [0.1, 0.15) is 12.4 Å². The van der Waals surface area contributed by atoms with E-state index in [0.717, 1.165) is 31.2 Å². The molecule has 0 bridgehead atoms. The zero-order valence-corrected chi connectivity index (χ0v) is 16.6. The van der Waals surface area contributed by atoms with Gasteiger partial charge in [0.15, 0.2) is 0 Å². The molecular formula is C19H32ClN3O3. The largest absolute Gasteiger partial charge is 0.492 e. The lowest BCUT2D eigenvalue weighted by molar-refractivity contribution is -0.119. The van der Waals surface area contributed by atoms with Crippen LogP contribution in [0.4, 0.5) is 0 Å². The van der Waals surface area contributed by atoms with Crippen LogP contribution in [-0.4, -0.2) is 24.5 Å². The van der Waals surface area contributed by atoms with E-state index in [0.29, 0.717) is 30.2 Å². The van der Waals surface area contributed by atoms with Gasteiger partial charge in [-0.3, -0.25) is 9.59 Å². The Morgan fingerprint density at radius 3 is 2.35 bits per heavy atom. The lowest BCUT2D eigenvalue weighted by Gasteiger charge is -2.14. The van der Waals surface area contributed by atoms with Crippen LogP contribution in [0, 0.1) is 0 Å². The van der Waals surface area contributed by atoms with Crippen molar-refractivity contribution in [1.82, 2.24) is 0 Å². The smallest absolute Gasteiger partial charge is 0.217 e. The molecule has 0 fully saturated rings. The second-order valence-corrected chi connectivity index (χ2v) is 6.26. The first-order chi connectivity index (χ1) is 12.4. The third kappa shape index (κ3) is 11.7. The van der Waals surface area contributed by atoms with Crippen molar-refractivity contribution in [3.8, 4) is 5.75 Å². The number of carbonyl (C=O) groups excluding carboxylic acids is 2. The summed E-state index contributed by atoms with van der Waals surface area (Å²) in [5.74, 6) is 0.0627. The van der Waals surface area contributed by atoms with Gasteiger partial charge in [-0.2, -0.15) is 0 Å². The Morgan fingerprint density at radius 2 is 1.73 bits per heavy atom. The van der Waals surface area contributed by atoms with Crippen molar-refractivity contribution >= 4 is 23.4 Å². The zero-order valence-electron chi connectivity index (χ0n) is 15.8. The number of halogens is 1. The predicted octanol–water partition coefficient (Wildman–Crippen LogP) is 2.93. The maximum absolute atomic E-state index is 10.7. The van der Waals surface area contributed by atoms with Gasteiger partial charge in [0, 0.05) is 23.9 Å². The molecule has 0 saturated heterocycles. The first-order valence-corrected chi connectivity index (χ1v) is 9.49. The Balaban J connectivity index is 0.00000301. The quantitative estimate of drug-likeness (QED) is 0.479. The second kappa shape index (κ2) is 14.4. The summed E-state index contributed by atoms with van der Waals surface area (Å²) in [5.41, 5.74) is 17.1. The summed E-state index contributed by atoms with van der Waals surface area (Å²) in [7, 11) is 0. The standard InChI is InChI=1S/C17H26ClN3O3.C2H6/c18-15-8-7-14(24-11-13(19)6-9-17(21)23)10-12(15)4-2-1-3-5-16(20)22;1-2/h7-8,10,13H,1-6,9,11,19H2,(H2,20,22)(H2,21,23);1-2H3. The van der Waals surface area contributed by atoms with E-state index in [1.807, 2.05) is 19.9 Å². The molecule has 148 valence electrons. The molecule has 0 aromatic heterocycles. The molecule has 7 heteroatoms. The van der Waals surface area contributed by atoms with Crippen molar-refractivity contribution in [3.63, 3.8) is 0 Å². The third-order valence-corrected chi connectivity index (χ3v) is 3.98. The van der Waals surface area contributed by atoms with Gasteiger partial charge in [-0.15, -0.1) is 0 Å². The lowest BCUT2D eigenvalue weighted by atomic mass is 10.1. The van der Waals surface area contributed by atoms with Gasteiger partial charge in [-0.25, -0.2) is 0 Å². The van der Waals surface area contributed by atoms with Gasteiger partial charge in [0.2, 0.25) is 11.8 Å². The topological polar surface area (TPSA) is 121 Å². The third-order valence-electron chi connectivity index (χ3n) is 3.61. The number of unbranched alkanes of at least 4 members (excludes halogenated alkanes) is 2. The number of nitrogens with two attached hydrogens (primary N) is 3. The Morgan fingerprint density at radius 1 is 1.08 bits per heavy atom. The molecule has 0 heterocycles. The van der Waals surface area contributed by atoms with Crippen LogP contribution in [0.25, 0.3) is 0 Å². The van der Waals surface area contributed by atoms with Crippen molar-refractivity contribution < 1.29 is 14.3 Å². The van der Waals surface area contributed by atoms with Crippen LogP contribution in [0.2, 0.25) is 5.02 Å². The van der Waals surface area contributed by atoms with Crippen molar-refractivity contribution in [2.75, 3.05) is 6.61 Å². The fourth-order valence-electron chi connectivity index (χ4n) is 2.24. The van der Waals surface area contributed by atoms with Gasteiger partial charge in [0.05, 0.1) is 0 Å². The van der Waals surface area contributed by atoms with E-state index in [9.17, 15) is 9.59 Å². The number of carbonyl (C=O) groups is 2. The molecule has 0 aliphatic carbocycles.